The molecule has 1 rings (SSSR count). The quantitative estimate of drug-likeness (QED) is 0.406. The first kappa shape index (κ1) is 12.8. The average molecular weight is 238 g/mol. The third kappa shape index (κ3) is 4.39. The molecule has 0 radical (unpaired) electrons. The number of nitrogens with two attached hydrogens (primary N) is 1. The maximum Gasteiger partial charge on any atom is 0.345 e. The predicted octanol–water partition coefficient (Wildman–Crippen LogP) is 0.502. The number of ether oxygens (including phenoxy) is 1. The van der Waals surface area contributed by atoms with Crippen LogP contribution in [0.15, 0.2) is 29.3 Å². The highest BCUT2D eigenvalue weighted by Crippen LogP contribution is 2.17. The molecule has 92 valence electrons. The lowest BCUT2D eigenvalue weighted by Crippen LogP contribution is -2.42. The van der Waals surface area contributed by atoms with E-state index < -0.39 is 6.03 Å². The molecule has 0 atom stereocenters. The van der Waals surface area contributed by atoms with Gasteiger partial charge >= 0.3 is 6.03 Å². The number of aliphatic imine (C=N–C) groups is 1. The van der Waals surface area contributed by atoms with Gasteiger partial charge in [-0.15, -0.1) is 0 Å². The van der Waals surface area contributed by atoms with E-state index in [-0.39, 0.29) is 5.96 Å². The Morgan fingerprint density at radius 3 is 2.47 bits per heavy atom. The van der Waals surface area contributed by atoms with Gasteiger partial charge in [-0.3, -0.25) is 10.2 Å². The highest BCUT2D eigenvalue weighted by Gasteiger charge is 2.01. The summed E-state index contributed by atoms with van der Waals surface area (Å²) in [5.41, 5.74) is 8.15. The van der Waals surface area contributed by atoms with E-state index in [0.717, 1.165) is 0 Å². The van der Waals surface area contributed by atoms with Crippen LogP contribution in [-0.4, -0.2) is 26.2 Å². The zero-order chi connectivity index (χ0) is 12.7. The Morgan fingerprint density at radius 1 is 1.29 bits per heavy atom. The lowest BCUT2D eigenvalue weighted by Gasteiger charge is -2.04. The van der Waals surface area contributed by atoms with Crippen LogP contribution in [0.25, 0.3) is 0 Å². The third-order valence-electron chi connectivity index (χ3n) is 1.76. The summed E-state index contributed by atoms with van der Waals surface area (Å²) in [7, 11) is 2.89. The molecule has 0 heterocycles. The highest BCUT2D eigenvalue weighted by atomic mass is 16.6. The predicted molar refractivity (Wildman–Crippen MR) is 63.0 cm³/mol. The van der Waals surface area contributed by atoms with Gasteiger partial charge in [0, 0.05) is 0 Å². The van der Waals surface area contributed by atoms with Crippen LogP contribution in [-0.2, 0) is 4.84 Å². The number of benzene rings is 1. The first-order valence-corrected chi connectivity index (χ1v) is 4.74. The van der Waals surface area contributed by atoms with Gasteiger partial charge in [0.25, 0.3) is 0 Å². The molecule has 0 aliphatic heterocycles. The molecule has 7 heteroatoms. The Balaban J connectivity index is 2.63. The number of hydroxylamine groups is 1. The minimum absolute atomic E-state index is 0.0373. The highest BCUT2D eigenvalue weighted by molar-refractivity contribution is 5.96. The van der Waals surface area contributed by atoms with E-state index in [1.54, 1.807) is 31.4 Å². The van der Waals surface area contributed by atoms with Crippen molar-refractivity contribution < 1.29 is 14.4 Å². The Hall–Kier alpha value is -2.28. The summed E-state index contributed by atoms with van der Waals surface area (Å²) in [4.78, 5) is 19.4. The second-order valence-corrected chi connectivity index (χ2v) is 2.96. The summed E-state index contributed by atoms with van der Waals surface area (Å²) >= 11 is 0. The zero-order valence-electron chi connectivity index (χ0n) is 9.56. The topological polar surface area (TPSA) is 98.0 Å². The number of guanidine groups is 1. The lowest BCUT2D eigenvalue weighted by atomic mass is 10.3. The Labute approximate surface area is 98.6 Å². The third-order valence-corrected chi connectivity index (χ3v) is 1.76. The number of hydrogen-bond acceptors (Lipinski definition) is 4. The van der Waals surface area contributed by atoms with Crippen molar-refractivity contribution in [1.82, 2.24) is 10.8 Å². The van der Waals surface area contributed by atoms with Gasteiger partial charge in [-0.05, 0) is 24.3 Å². The SMILES string of the molecule is CONC(=O)NC(N)=Nc1ccc(OC)cc1. The van der Waals surface area contributed by atoms with Crippen LogP contribution in [0.4, 0.5) is 10.5 Å². The van der Waals surface area contributed by atoms with E-state index >= 15 is 0 Å². The second kappa shape index (κ2) is 6.33. The van der Waals surface area contributed by atoms with Gasteiger partial charge < -0.3 is 10.5 Å². The number of urea groups is 1. The average Bonchev–Trinajstić information content (AvgIpc) is 2.30. The monoisotopic (exact) mass is 238 g/mol. The Morgan fingerprint density at radius 2 is 1.94 bits per heavy atom. The Kier molecular flexibility index (Phi) is 4.77. The van der Waals surface area contributed by atoms with Crippen LogP contribution in [0.3, 0.4) is 0 Å². The zero-order valence-corrected chi connectivity index (χ0v) is 9.56. The van der Waals surface area contributed by atoms with Crippen molar-refractivity contribution in [2.24, 2.45) is 10.7 Å². The fourth-order valence-corrected chi connectivity index (χ4v) is 1.06. The van der Waals surface area contributed by atoms with E-state index in [0.29, 0.717) is 11.4 Å². The molecule has 4 N–H and O–H groups in total. The maximum absolute atomic E-state index is 11.0. The molecule has 1 aromatic carbocycles. The van der Waals surface area contributed by atoms with Gasteiger partial charge in [0.15, 0.2) is 0 Å². The molecule has 0 spiro atoms. The van der Waals surface area contributed by atoms with Crippen LogP contribution in [0.5, 0.6) is 5.75 Å². The normalized spacial score (nSPS) is 10.8. The fraction of sp³-hybridized carbons (Fsp3) is 0.200. The summed E-state index contributed by atoms with van der Waals surface area (Å²) in [5, 5.41) is 2.28. The fourth-order valence-electron chi connectivity index (χ4n) is 1.06. The number of rotatable bonds is 3. The molecule has 0 aliphatic rings. The number of methoxy groups -OCH3 is 1. The minimum atomic E-state index is -0.595. The molecule has 0 fully saturated rings. The minimum Gasteiger partial charge on any atom is -0.497 e. The molecule has 0 bridgehead atoms. The van der Waals surface area contributed by atoms with Crippen LogP contribution >= 0.6 is 0 Å². The van der Waals surface area contributed by atoms with Crippen molar-refractivity contribution >= 4 is 17.7 Å². The molecule has 0 unspecified atom stereocenters. The van der Waals surface area contributed by atoms with Crippen molar-refractivity contribution in [2.75, 3.05) is 14.2 Å². The molecule has 2 amide bonds. The van der Waals surface area contributed by atoms with Crippen molar-refractivity contribution in [2.45, 2.75) is 0 Å². The molecule has 0 saturated heterocycles. The summed E-state index contributed by atoms with van der Waals surface area (Å²) in [6.07, 6.45) is 0. The summed E-state index contributed by atoms with van der Waals surface area (Å²) in [6.45, 7) is 0. The smallest absolute Gasteiger partial charge is 0.345 e. The molecule has 7 nitrogen and oxygen atoms in total. The molecule has 1 aromatic rings. The van der Waals surface area contributed by atoms with Crippen LogP contribution in [0.1, 0.15) is 0 Å². The van der Waals surface area contributed by atoms with E-state index in [4.69, 9.17) is 10.5 Å². The van der Waals surface area contributed by atoms with Gasteiger partial charge in [0.05, 0.1) is 19.9 Å². The first-order valence-electron chi connectivity index (χ1n) is 4.74. The number of carbonyl (C=O) groups excluding carboxylic acids is 1. The summed E-state index contributed by atoms with van der Waals surface area (Å²) < 4.78 is 4.99. The largest absolute Gasteiger partial charge is 0.497 e. The maximum atomic E-state index is 11.0. The van der Waals surface area contributed by atoms with Crippen LogP contribution in [0, 0.1) is 0 Å². The van der Waals surface area contributed by atoms with Gasteiger partial charge in [-0.25, -0.2) is 15.3 Å². The number of nitrogens with zero attached hydrogens (tertiary/aromatic N) is 1. The standard InChI is InChI=1S/C10H14N4O3/c1-16-8-5-3-7(4-6-8)12-9(11)13-10(15)14-17-2/h3-6H,1-2H3,(H4,11,12,13,14,15). The van der Waals surface area contributed by atoms with Crippen molar-refractivity contribution in [1.29, 1.82) is 0 Å². The summed E-state index contributed by atoms with van der Waals surface area (Å²) in [5.74, 6) is 0.678. The van der Waals surface area contributed by atoms with E-state index in [1.165, 1.54) is 7.11 Å². The van der Waals surface area contributed by atoms with E-state index in [2.05, 4.69) is 15.1 Å². The van der Waals surface area contributed by atoms with Gasteiger partial charge in [0.1, 0.15) is 5.75 Å². The molecule has 0 aliphatic carbocycles. The lowest BCUT2D eigenvalue weighted by molar-refractivity contribution is 0.110. The number of nitrogens with one attached hydrogen (secondary N) is 2. The summed E-state index contributed by atoms with van der Waals surface area (Å²) in [6, 6.07) is 6.30. The van der Waals surface area contributed by atoms with Gasteiger partial charge in [-0.2, -0.15) is 0 Å². The van der Waals surface area contributed by atoms with Crippen molar-refractivity contribution in [3.05, 3.63) is 24.3 Å². The van der Waals surface area contributed by atoms with Crippen LogP contribution < -0.4 is 21.3 Å². The number of hydrogen-bond donors (Lipinski definition) is 3. The molecule has 0 aromatic heterocycles. The second-order valence-electron chi connectivity index (χ2n) is 2.96. The number of amides is 2. The van der Waals surface area contributed by atoms with E-state index in [1.807, 2.05) is 5.48 Å². The van der Waals surface area contributed by atoms with Crippen molar-refractivity contribution in [3.8, 4) is 5.75 Å². The van der Waals surface area contributed by atoms with Crippen molar-refractivity contribution in [3.63, 3.8) is 0 Å². The number of carbonyl (C=O) groups is 1. The van der Waals surface area contributed by atoms with E-state index in [9.17, 15) is 4.79 Å². The Bertz CT molecular complexity index is 403. The van der Waals surface area contributed by atoms with Gasteiger partial charge in [-0.1, -0.05) is 0 Å². The first-order chi connectivity index (χ1) is 8.15. The molecule has 0 saturated carbocycles. The molecular weight excluding hydrogens is 224 g/mol. The molecule has 17 heavy (non-hydrogen) atoms. The van der Waals surface area contributed by atoms with Crippen LogP contribution in [0.2, 0.25) is 0 Å². The molecular formula is C10H14N4O3. The van der Waals surface area contributed by atoms with Gasteiger partial charge in [0.2, 0.25) is 5.96 Å².